The molecule has 3 heteroatoms. The number of aliphatic carboxylic acids is 1. The Kier molecular flexibility index (Phi) is 3.85. The first-order valence-electron chi connectivity index (χ1n) is 6.14. The second-order valence-corrected chi connectivity index (χ2v) is 4.62. The summed E-state index contributed by atoms with van der Waals surface area (Å²) < 4.78 is 0. The summed E-state index contributed by atoms with van der Waals surface area (Å²) >= 11 is 0. The summed E-state index contributed by atoms with van der Waals surface area (Å²) in [5.41, 5.74) is 2.55. The van der Waals surface area contributed by atoms with Gasteiger partial charge in [0.05, 0.1) is 6.42 Å². The van der Waals surface area contributed by atoms with Crippen LogP contribution in [0.5, 0.6) is 5.75 Å². The smallest absolute Gasteiger partial charge is 0.304 e. The predicted octanol–water partition coefficient (Wildman–Crippen LogP) is 3.31. The first-order valence-corrected chi connectivity index (χ1v) is 6.14. The minimum absolute atomic E-state index is 0.0406. The summed E-state index contributed by atoms with van der Waals surface area (Å²) in [7, 11) is 0. The summed E-state index contributed by atoms with van der Waals surface area (Å²) in [6, 6.07) is 14.7. The number of carboxylic acid groups (broad SMARTS) is 1. The molecule has 0 aromatic heterocycles. The van der Waals surface area contributed by atoms with E-state index in [2.05, 4.69) is 0 Å². The first-order chi connectivity index (χ1) is 9.08. The number of rotatable bonds is 4. The molecule has 2 aromatic rings. The van der Waals surface area contributed by atoms with Crippen LogP contribution < -0.4 is 0 Å². The topological polar surface area (TPSA) is 57.5 Å². The largest absolute Gasteiger partial charge is 0.508 e. The van der Waals surface area contributed by atoms with Gasteiger partial charge in [-0.25, -0.2) is 0 Å². The van der Waals surface area contributed by atoms with E-state index in [9.17, 15) is 9.90 Å². The average Bonchev–Trinajstić information content (AvgIpc) is 2.40. The van der Waals surface area contributed by atoms with Crippen LogP contribution in [0.15, 0.2) is 48.5 Å². The minimum Gasteiger partial charge on any atom is -0.508 e. The molecule has 0 saturated carbocycles. The number of phenolic OH excluding ortho intramolecular Hbond substituents is 1. The molecule has 0 radical (unpaired) electrons. The zero-order chi connectivity index (χ0) is 13.8. The molecule has 0 spiro atoms. The van der Waals surface area contributed by atoms with Crippen molar-refractivity contribution in [2.45, 2.75) is 19.3 Å². The average molecular weight is 256 g/mol. The van der Waals surface area contributed by atoms with Crippen molar-refractivity contribution in [3.05, 3.63) is 65.2 Å². The summed E-state index contributed by atoms with van der Waals surface area (Å²) in [6.45, 7) is 1.92. The summed E-state index contributed by atoms with van der Waals surface area (Å²) in [6.07, 6.45) is -0.0406. The maximum absolute atomic E-state index is 11.1. The molecule has 0 heterocycles. The molecule has 1 atom stereocenters. The minimum atomic E-state index is -0.880. The van der Waals surface area contributed by atoms with Crippen molar-refractivity contribution in [2.24, 2.45) is 0 Å². The monoisotopic (exact) mass is 256 g/mol. The Balaban J connectivity index is 2.48. The van der Waals surface area contributed by atoms with Crippen molar-refractivity contribution in [2.75, 3.05) is 0 Å². The van der Waals surface area contributed by atoms with Crippen LogP contribution in [0, 0.1) is 6.92 Å². The van der Waals surface area contributed by atoms with E-state index < -0.39 is 5.97 Å². The van der Waals surface area contributed by atoms with E-state index >= 15 is 0 Å². The molecule has 0 bridgehead atoms. The number of hydrogen-bond donors (Lipinski definition) is 2. The first kappa shape index (κ1) is 13.1. The fraction of sp³-hybridized carbons (Fsp3) is 0.188. The molecule has 2 aromatic carbocycles. The van der Waals surface area contributed by atoms with Crippen molar-refractivity contribution in [3.8, 4) is 5.75 Å². The van der Waals surface area contributed by atoms with Gasteiger partial charge in [-0.3, -0.25) is 4.79 Å². The number of carboxylic acids is 1. The lowest BCUT2D eigenvalue weighted by molar-refractivity contribution is -0.137. The Morgan fingerprint density at radius 3 is 2.47 bits per heavy atom. The van der Waals surface area contributed by atoms with E-state index in [4.69, 9.17) is 5.11 Å². The molecule has 19 heavy (non-hydrogen) atoms. The van der Waals surface area contributed by atoms with Crippen LogP contribution in [0.3, 0.4) is 0 Å². The summed E-state index contributed by atoms with van der Waals surface area (Å²) in [5.74, 6) is -1.07. The Morgan fingerprint density at radius 1 is 1.16 bits per heavy atom. The zero-order valence-corrected chi connectivity index (χ0v) is 10.7. The van der Waals surface area contributed by atoms with Gasteiger partial charge in [-0.15, -0.1) is 0 Å². The Bertz CT molecular complexity index is 576. The molecule has 0 unspecified atom stereocenters. The van der Waals surface area contributed by atoms with Gasteiger partial charge in [0.15, 0.2) is 0 Å². The van der Waals surface area contributed by atoms with E-state index in [0.29, 0.717) is 5.56 Å². The van der Waals surface area contributed by atoms with Crippen LogP contribution in [0.25, 0.3) is 0 Å². The van der Waals surface area contributed by atoms with Crippen LogP contribution in [0.4, 0.5) is 0 Å². The van der Waals surface area contributed by atoms with Crippen LogP contribution in [-0.4, -0.2) is 16.2 Å². The lowest BCUT2D eigenvalue weighted by Gasteiger charge is -2.17. The van der Waals surface area contributed by atoms with Gasteiger partial charge in [0.2, 0.25) is 0 Å². The summed E-state index contributed by atoms with van der Waals surface area (Å²) in [5, 5.41) is 19.1. The number of aryl methyl sites for hydroxylation is 1. The standard InChI is InChI=1S/C16H16O3/c1-11-7-8-15(17)14(9-11)13(10-16(18)19)12-5-3-2-4-6-12/h2-9,13,17H,10H2,1H3,(H,18,19)/t13-/m0/s1. The van der Waals surface area contributed by atoms with Crippen molar-refractivity contribution < 1.29 is 15.0 Å². The normalized spacial score (nSPS) is 12.1. The number of hydrogen-bond acceptors (Lipinski definition) is 2. The highest BCUT2D eigenvalue weighted by Crippen LogP contribution is 2.34. The molecule has 0 aliphatic carbocycles. The van der Waals surface area contributed by atoms with Crippen LogP contribution >= 0.6 is 0 Å². The van der Waals surface area contributed by atoms with Gasteiger partial charge in [0.1, 0.15) is 5.75 Å². The van der Waals surface area contributed by atoms with Crippen molar-refractivity contribution in [1.29, 1.82) is 0 Å². The van der Waals surface area contributed by atoms with Gasteiger partial charge in [-0.1, -0.05) is 48.0 Å². The van der Waals surface area contributed by atoms with Gasteiger partial charge in [-0.2, -0.15) is 0 Å². The third-order valence-corrected chi connectivity index (χ3v) is 3.14. The van der Waals surface area contributed by atoms with Gasteiger partial charge in [0.25, 0.3) is 0 Å². The van der Waals surface area contributed by atoms with E-state index in [-0.39, 0.29) is 18.1 Å². The second-order valence-electron chi connectivity index (χ2n) is 4.62. The molecule has 98 valence electrons. The third-order valence-electron chi connectivity index (χ3n) is 3.14. The SMILES string of the molecule is Cc1ccc(O)c([C@@H](CC(=O)O)c2ccccc2)c1. The molecule has 0 fully saturated rings. The highest BCUT2D eigenvalue weighted by Gasteiger charge is 2.20. The van der Waals surface area contributed by atoms with Crippen LogP contribution in [0.2, 0.25) is 0 Å². The zero-order valence-electron chi connectivity index (χ0n) is 10.7. The van der Waals surface area contributed by atoms with Gasteiger partial charge < -0.3 is 10.2 Å². The second kappa shape index (κ2) is 5.57. The van der Waals surface area contributed by atoms with Gasteiger partial charge in [0, 0.05) is 11.5 Å². The van der Waals surface area contributed by atoms with E-state index in [1.807, 2.05) is 49.4 Å². The quantitative estimate of drug-likeness (QED) is 0.882. The Morgan fingerprint density at radius 2 is 1.84 bits per heavy atom. The molecule has 0 saturated heterocycles. The number of phenols is 1. The fourth-order valence-corrected chi connectivity index (χ4v) is 2.22. The fourth-order valence-electron chi connectivity index (χ4n) is 2.22. The highest BCUT2D eigenvalue weighted by atomic mass is 16.4. The molecule has 0 amide bonds. The lowest BCUT2D eigenvalue weighted by atomic mass is 9.87. The van der Waals surface area contributed by atoms with Crippen molar-refractivity contribution in [1.82, 2.24) is 0 Å². The third kappa shape index (κ3) is 3.13. The highest BCUT2D eigenvalue weighted by molar-refractivity contribution is 5.69. The van der Waals surface area contributed by atoms with Gasteiger partial charge in [-0.05, 0) is 18.6 Å². The van der Waals surface area contributed by atoms with Crippen LogP contribution in [0.1, 0.15) is 29.0 Å². The van der Waals surface area contributed by atoms with E-state index in [0.717, 1.165) is 11.1 Å². The molecule has 0 aliphatic heterocycles. The van der Waals surface area contributed by atoms with E-state index in [1.165, 1.54) is 0 Å². The maximum atomic E-state index is 11.1. The molecule has 0 aliphatic rings. The summed E-state index contributed by atoms with van der Waals surface area (Å²) in [4.78, 5) is 11.1. The van der Waals surface area contributed by atoms with Crippen molar-refractivity contribution >= 4 is 5.97 Å². The van der Waals surface area contributed by atoms with Gasteiger partial charge >= 0.3 is 5.97 Å². The maximum Gasteiger partial charge on any atom is 0.304 e. The Hall–Kier alpha value is -2.29. The molecule has 3 nitrogen and oxygen atoms in total. The van der Waals surface area contributed by atoms with Crippen LogP contribution in [-0.2, 0) is 4.79 Å². The predicted molar refractivity (Wildman–Crippen MR) is 73.4 cm³/mol. The number of benzene rings is 2. The number of carbonyl (C=O) groups is 1. The Labute approximate surface area is 112 Å². The lowest BCUT2D eigenvalue weighted by Crippen LogP contribution is -2.08. The number of aromatic hydroxyl groups is 1. The molecule has 2 rings (SSSR count). The van der Waals surface area contributed by atoms with E-state index in [1.54, 1.807) is 6.07 Å². The molecular formula is C16H16O3. The molecular weight excluding hydrogens is 240 g/mol. The van der Waals surface area contributed by atoms with Crippen molar-refractivity contribution in [3.63, 3.8) is 0 Å². The molecule has 2 N–H and O–H groups in total.